The maximum atomic E-state index is 12.4. The van der Waals surface area contributed by atoms with Gasteiger partial charge in [-0.05, 0) is 49.4 Å². The Labute approximate surface area is 147 Å². The van der Waals surface area contributed by atoms with E-state index in [9.17, 15) is 4.79 Å². The van der Waals surface area contributed by atoms with Crippen LogP contribution in [-0.4, -0.2) is 29.0 Å². The van der Waals surface area contributed by atoms with Crippen LogP contribution in [0.5, 0.6) is 0 Å². The van der Waals surface area contributed by atoms with Gasteiger partial charge in [0.15, 0.2) is 0 Å². The number of aryl methyl sites for hydroxylation is 1. The predicted octanol–water partition coefficient (Wildman–Crippen LogP) is 3.93. The summed E-state index contributed by atoms with van der Waals surface area (Å²) in [7, 11) is 0. The van der Waals surface area contributed by atoms with Crippen LogP contribution in [0.1, 0.15) is 35.7 Å². The normalized spacial score (nSPS) is 17.6. The third kappa shape index (κ3) is 3.85. The molecule has 6 heteroatoms. The van der Waals surface area contributed by atoms with Gasteiger partial charge in [0.1, 0.15) is 0 Å². The molecule has 0 bridgehead atoms. The van der Waals surface area contributed by atoms with E-state index < -0.39 is 0 Å². The van der Waals surface area contributed by atoms with Gasteiger partial charge < -0.3 is 10.2 Å². The van der Waals surface area contributed by atoms with Crippen LogP contribution in [0.15, 0.2) is 30.6 Å². The van der Waals surface area contributed by atoms with Crippen LogP contribution in [0.25, 0.3) is 0 Å². The molecule has 0 radical (unpaired) electrons. The van der Waals surface area contributed by atoms with Crippen LogP contribution in [0.3, 0.4) is 0 Å². The Morgan fingerprint density at radius 3 is 2.75 bits per heavy atom. The van der Waals surface area contributed by atoms with Crippen molar-refractivity contribution in [2.45, 2.75) is 26.7 Å². The number of benzene rings is 1. The van der Waals surface area contributed by atoms with Crippen LogP contribution < -0.4 is 10.2 Å². The number of aromatic nitrogens is 2. The SMILES string of the molecule is Cc1cc(Cl)ccc1NC(=O)c1cnc(N2CCCC(C)C2)nc1. The molecule has 1 saturated heterocycles. The molecule has 1 unspecified atom stereocenters. The first-order valence-corrected chi connectivity index (χ1v) is 8.55. The van der Waals surface area contributed by atoms with E-state index in [2.05, 4.69) is 27.1 Å². The number of halogens is 1. The van der Waals surface area contributed by atoms with Gasteiger partial charge >= 0.3 is 0 Å². The quantitative estimate of drug-likeness (QED) is 0.916. The second kappa shape index (κ2) is 7.18. The first-order valence-electron chi connectivity index (χ1n) is 8.17. The zero-order valence-electron chi connectivity index (χ0n) is 13.9. The van der Waals surface area contributed by atoms with Crippen molar-refractivity contribution in [3.8, 4) is 0 Å². The van der Waals surface area contributed by atoms with Crippen LogP contribution >= 0.6 is 11.6 Å². The molecule has 126 valence electrons. The highest BCUT2D eigenvalue weighted by atomic mass is 35.5. The lowest BCUT2D eigenvalue weighted by molar-refractivity contribution is 0.102. The lowest BCUT2D eigenvalue weighted by Gasteiger charge is -2.30. The van der Waals surface area contributed by atoms with Gasteiger partial charge in [-0.2, -0.15) is 0 Å². The molecule has 2 aromatic rings. The second-order valence-electron chi connectivity index (χ2n) is 6.38. The molecule has 1 fully saturated rings. The molecule has 1 aromatic carbocycles. The fourth-order valence-electron chi connectivity index (χ4n) is 2.93. The number of carbonyl (C=O) groups is 1. The van der Waals surface area contributed by atoms with Gasteiger partial charge in [0.05, 0.1) is 5.56 Å². The number of anilines is 2. The molecular weight excluding hydrogens is 324 g/mol. The Morgan fingerprint density at radius 1 is 1.33 bits per heavy atom. The highest BCUT2D eigenvalue weighted by molar-refractivity contribution is 6.30. The van der Waals surface area contributed by atoms with Crippen LogP contribution in [0.4, 0.5) is 11.6 Å². The summed E-state index contributed by atoms with van der Waals surface area (Å²) in [6, 6.07) is 5.36. The minimum Gasteiger partial charge on any atom is -0.341 e. The molecule has 1 aromatic heterocycles. The Morgan fingerprint density at radius 2 is 2.08 bits per heavy atom. The van der Waals surface area contributed by atoms with E-state index >= 15 is 0 Å². The standard InChI is InChI=1S/C18H21ClN4O/c1-12-4-3-7-23(11-12)18-20-9-14(10-21-18)17(24)22-16-6-5-15(19)8-13(16)2/h5-6,8-10,12H,3-4,7,11H2,1-2H3,(H,22,24). The van der Waals surface area contributed by atoms with E-state index in [0.29, 0.717) is 22.5 Å². The molecule has 1 atom stereocenters. The van der Waals surface area contributed by atoms with E-state index in [1.165, 1.54) is 6.42 Å². The van der Waals surface area contributed by atoms with Crippen LogP contribution in [0.2, 0.25) is 5.02 Å². The summed E-state index contributed by atoms with van der Waals surface area (Å²) in [4.78, 5) is 23.3. The molecule has 0 aliphatic carbocycles. The third-order valence-electron chi connectivity index (χ3n) is 4.28. The second-order valence-corrected chi connectivity index (χ2v) is 6.81. The number of hydrogen-bond acceptors (Lipinski definition) is 4. The van der Waals surface area contributed by atoms with Crippen molar-refractivity contribution in [2.75, 3.05) is 23.3 Å². The number of piperidine rings is 1. The Kier molecular flexibility index (Phi) is 5.00. The summed E-state index contributed by atoms with van der Waals surface area (Å²) in [6.45, 7) is 6.08. The molecule has 24 heavy (non-hydrogen) atoms. The summed E-state index contributed by atoms with van der Waals surface area (Å²) in [5.41, 5.74) is 2.09. The molecule has 2 heterocycles. The number of rotatable bonds is 3. The summed E-state index contributed by atoms with van der Waals surface area (Å²) in [6.07, 6.45) is 5.57. The van der Waals surface area contributed by atoms with E-state index in [1.54, 1.807) is 24.5 Å². The Bertz CT molecular complexity index is 732. The fourth-order valence-corrected chi connectivity index (χ4v) is 3.16. The van der Waals surface area contributed by atoms with Crippen molar-refractivity contribution in [3.05, 3.63) is 46.7 Å². The monoisotopic (exact) mass is 344 g/mol. The first kappa shape index (κ1) is 16.7. The molecule has 1 aliphatic rings. The lowest BCUT2D eigenvalue weighted by atomic mass is 10.0. The fraction of sp³-hybridized carbons (Fsp3) is 0.389. The van der Waals surface area contributed by atoms with Crippen LogP contribution in [-0.2, 0) is 0 Å². The summed E-state index contributed by atoms with van der Waals surface area (Å²) < 4.78 is 0. The average molecular weight is 345 g/mol. The van der Waals surface area contributed by atoms with Gasteiger partial charge in [-0.3, -0.25) is 4.79 Å². The topological polar surface area (TPSA) is 58.1 Å². The Hall–Kier alpha value is -2.14. The van der Waals surface area contributed by atoms with Gasteiger partial charge in [0.2, 0.25) is 5.95 Å². The number of carbonyl (C=O) groups excluding carboxylic acids is 1. The van der Waals surface area contributed by atoms with E-state index in [0.717, 1.165) is 30.8 Å². The number of nitrogens with zero attached hydrogens (tertiary/aromatic N) is 3. The molecule has 1 amide bonds. The van der Waals surface area contributed by atoms with E-state index in [4.69, 9.17) is 11.6 Å². The highest BCUT2D eigenvalue weighted by Gasteiger charge is 2.19. The number of nitrogens with one attached hydrogen (secondary N) is 1. The van der Waals surface area contributed by atoms with Crippen molar-refractivity contribution in [1.82, 2.24) is 9.97 Å². The predicted molar refractivity (Wildman–Crippen MR) is 96.8 cm³/mol. The van der Waals surface area contributed by atoms with Gasteiger partial charge in [0.25, 0.3) is 5.91 Å². The smallest absolute Gasteiger partial charge is 0.258 e. The molecule has 3 rings (SSSR count). The minimum absolute atomic E-state index is 0.223. The molecule has 0 saturated carbocycles. The van der Waals surface area contributed by atoms with Crippen molar-refractivity contribution in [3.63, 3.8) is 0 Å². The first-order chi connectivity index (χ1) is 11.5. The number of hydrogen-bond donors (Lipinski definition) is 1. The Balaban J connectivity index is 1.69. The summed E-state index contributed by atoms with van der Waals surface area (Å²) in [5.74, 6) is 1.12. The van der Waals surface area contributed by atoms with Gasteiger partial charge in [-0.1, -0.05) is 18.5 Å². The maximum Gasteiger partial charge on any atom is 0.258 e. The molecule has 0 spiro atoms. The van der Waals surface area contributed by atoms with E-state index in [-0.39, 0.29) is 5.91 Å². The summed E-state index contributed by atoms with van der Waals surface area (Å²) >= 11 is 5.93. The molecule has 1 aliphatic heterocycles. The zero-order chi connectivity index (χ0) is 17.1. The van der Waals surface area contributed by atoms with Gasteiger partial charge in [-0.15, -0.1) is 0 Å². The number of amides is 1. The minimum atomic E-state index is -0.223. The molecule has 1 N–H and O–H groups in total. The van der Waals surface area contributed by atoms with Crippen molar-refractivity contribution in [1.29, 1.82) is 0 Å². The molecule has 5 nitrogen and oxygen atoms in total. The van der Waals surface area contributed by atoms with Crippen molar-refractivity contribution in [2.24, 2.45) is 5.92 Å². The largest absolute Gasteiger partial charge is 0.341 e. The van der Waals surface area contributed by atoms with E-state index in [1.807, 2.05) is 13.0 Å². The summed E-state index contributed by atoms with van der Waals surface area (Å²) in [5, 5.41) is 3.52. The van der Waals surface area contributed by atoms with Gasteiger partial charge in [0, 0.05) is 36.2 Å². The average Bonchev–Trinajstić information content (AvgIpc) is 2.57. The van der Waals surface area contributed by atoms with Crippen molar-refractivity contribution >= 4 is 29.1 Å². The van der Waals surface area contributed by atoms with Crippen molar-refractivity contribution < 1.29 is 4.79 Å². The molecular formula is C18H21ClN4O. The van der Waals surface area contributed by atoms with Crippen LogP contribution in [0, 0.1) is 12.8 Å². The third-order valence-corrected chi connectivity index (χ3v) is 4.51. The lowest BCUT2D eigenvalue weighted by Crippen LogP contribution is -2.35. The zero-order valence-corrected chi connectivity index (χ0v) is 14.7. The maximum absolute atomic E-state index is 12.4. The highest BCUT2D eigenvalue weighted by Crippen LogP contribution is 2.21. The van der Waals surface area contributed by atoms with Gasteiger partial charge in [-0.25, -0.2) is 9.97 Å².